The number of nitrogens with zero attached hydrogens (tertiary/aromatic N) is 5. The van der Waals surface area contributed by atoms with Gasteiger partial charge in [0.15, 0.2) is 17.5 Å². The van der Waals surface area contributed by atoms with E-state index in [0.717, 1.165) is 0 Å². The number of aryl methyl sites for hydroxylation is 1. The van der Waals surface area contributed by atoms with Crippen LogP contribution in [0.4, 0.5) is 26.1 Å². The van der Waals surface area contributed by atoms with E-state index in [4.69, 9.17) is 5.53 Å². The fourth-order valence-electron chi connectivity index (χ4n) is 2.56. The zero-order chi connectivity index (χ0) is 18.0. The summed E-state index contributed by atoms with van der Waals surface area (Å²) >= 11 is 0. The van der Waals surface area contributed by atoms with Gasteiger partial charge in [0.2, 0.25) is 0 Å². The lowest BCUT2D eigenvalue weighted by molar-refractivity contribution is 0.512. The molecule has 130 valence electrons. The average Bonchev–Trinajstić information content (AvgIpc) is 2.94. The first-order valence-corrected chi connectivity index (χ1v) is 7.51. The molecule has 0 saturated heterocycles. The minimum Gasteiger partial charge on any atom is -0.371 e. The van der Waals surface area contributed by atoms with E-state index in [1.54, 1.807) is 20.0 Å². The van der Waals surface area contributed by atoms with Gasteiger partial charge in [0, 0.05) is 13.6 Å². The molecule has 0 unspecified atom stereocenters. The summed E-state index contributed by atoms with van der Waals surface area (Å²) in [6.45, 7) is 1.12. The molecule has 3 N–H and O–H groups in total. The zero-order valence-electron chi connectivity index (χ0n) is 13.6. The third-order valence-electron chi connectivity index (χ3n) is 3.57. The van der Waals surface area contributed by atoms with Crippen molar-refractivity contribution in [2.45, 2.75) is 6.92 Å². The van der Waals surface area contributed by atoms with Crippen molar-refractivity contribution in [3.63, 3.8) is 0 Å². The predicted octanol–water partition coefficient (Wildman–Crippen LogP) is 3.32. The van der Waals surface area contributed by atoms with Crippen LogP contribution in [0.5, 0.6) is 0 Å². The quantitative estimate of drug-likeness (QED) is 0.594. The van der Waals surface area contributed by atoms with Gasteiger partial charge in [-0.1, -0.05) is 0 Å². The number of halogens is 2. The standard InChI is InChI=1S/C15H16F2N8/c1-8-21-15(19-2)13-12(9(17)7-25(13)24-8)10-3-4-11(23-18)14(22-10)20-6-5-16/h3-4,7,18H,5-6H2,1-2H3,(H,20,22)(H,19,21,24). The monoisotopic (exact) mass is 346 g/mol. The Labute approximate surface area is 141 Å². The Morgan fingerprint density at radius 2 is 2.08 bits per heavy atom. The molecule has 0 aromatic carbocycles. The second-order valence-electron chi connectivity index (χ2n) is 5.19. The Balaban J connectivity index is 2.22. The number of hydrogen-bond donors (Lipinski definition) is 3. The minimum atomic E-state index is -0.607. The maximum Gasteiger partial charge on any atom is 0.154 e. The van der Waals surface area contributed by atoms with E-state index in [-0.39, 0.29) is 23.6 Å². The van der Waals surface area contributed by atoms with Crippen LogP contribution in [0.2, 0.25) is 0 Å². The Morgan fingerprint density at radius 3 is 2.76 bits per heavy atom. The van der Waals surface area contributed by atoms with E-state index in [1.165, 1.54) is 16.8 Å². The summed E-state index contributed by atoms with van der Waals surface area (Å²) in [4.78, 5) is 8.58. The Hall–Kier alpha value is -3.17. The molecule has 0 saturated carbocycles. The molecule has 25 heavy (non-hydrogen) atoms. The van der Waals surface area contributed by atoms with Gasteiger partial charge in [-0.2, -0.15) is 10.2 Å². The molecule has 0 amide bonds. The van der Waals surface area contributed by atoms with Gasteiger partial charge in [0.25, 0.3) is 0 Å². The van der Waals surface area contributed by atoms with E-state index in [2.05, 4.69) is 30.8 Å². The molecule has 3 aromatic rings. The van der Waals surface area contributed by atoms with Crippen LogP contribution in [-0.4, -0.2) is 39.8 Å². The van der Waals surface area contributed by atoms with Gasteiger partial charge in [-0.15, -0.1) is 0 Å². The molecular weight excluding hydrogens is 330 g/mol. The smallest absolute Gasteiger partial charge is 0.154 e. The van der Waals surface area contributed by atoms with Gasteiger partial charge >= 0.3 is 0 Å². The second-order valence-corrected chi connectivity index (χ2v) is 5.19. The number of nitrogens with one attached hydrogen (secondary N) is 3. The molecule has 8 nitrogen and oxygen atoms in total. The molecule has 0 bridgehead atoms. The molecule has 0 atom stereocenters. The van der Waals surface area contributed by atoms with E-state index in [9.17, 15) is 8.78 Å². The van der Waals surface area contributed by atoms with Crippen LogP contribution < -0.4 is 10.6 Å². The molecule has 3 aromatic heterocycles. The van der Waals surface area contributed by atoms with Crippen molar-refractivity contribution in [1.29, 1.82) is 5.53 Å². The zero-order valence-corrected chi connectivity index (χ0v) is 13.6. The lowest BCUT2D eigenvalue weighted by atomic mass is 10.1. The molecule has 0 spiro atoms. The first-order valence-electron chi connectivity index (χ1n) is 7.51. The summed E-state index contributed by atoms with van der Waals surface area (Å²) in [7, 11) is 1.68. The number of anilines is 2. The molecular formula is C15H16F2N8. The predicted molar refractivity (Wildman–Crippen MR) is 89.7 cm³/mol. The summed E-state index contributed by atoms with van der Waals surface area (Å²) in [6, 6.07) is 3.07. The molecule has 10 heteroatoms. The summed E-state index contributed by atoms with van der Waals surface area (Å²) in [5.41, 5.74) is 8.36. The highest BCUT2D eigenvalue weighted by atomic mass is 19.1. The number of alkyl halides is 1. The first kappa shape index (κ1) is 16.7. The third kappa shape index (κ3) is 2.97. The van der Waals surface area contributed by atoms with Crippen molar-refractivity contribution in [2.75, 3.05) is 30.9 Å². The van der Waals surface area contributed by atoms with E-state index in [0.29, 0.717) is 22.9 Å². The summed E-state index contributed by atoms with van der Waals surface area (Å²) in [6.07, 6.45) is 1.25. The van der Waals surface area contributed by atoms with Crippen LogP contribution >= 0.6 is 0 Å². The summed E-state index contributed by atoms with van der Waals surface area (Å²) < 4.78 is 28.4. The number of hydrogen-bond acceptors (Lipinski definition) is 7. The lowest BCUT2D eigenvalue weighted by Gasteiger charge is -2.10. The Bertz CT molecular complexity index is 937. The summed E-state index contributed by atoms with van der Waals surface area (Å²) in [5.74, 6) is 0.638. The molecule has 3 rings (SSSR count). The number of aromatic nitrogens is 4. The highest BCUT2D eigenvalue weighted by Crippen LogP contribution is 2.34. The highest BCUT2D eigenvalue weighted by Gasteiger charge is 2.20. The van der Waals surface area contributed by atoms with Gasteiger partial charge < -0.3 is 10.6 Å². The van der Waals surface area contributed by atoms with E-state index in [1.807, 2.05) is 0 Å². The lowest BCUT2D eigenvalue weighted by Crippen LogP contribution is -2.06. The van der Waals surface area contributed by atoms with Crippen LogP contribution in [0.3, 0.4) is 0 Å². The van der Waals surface area contributed by atoms with Crippen molar-refractivity contribution in [2.24, 2.45) is 5.11 Å². The van der Waals surface area contributed by atoms with Gasteiger partial charge in [-0.25, -0.2) is 28.8 Å². The van der Waals surface area contributed by atoms with E-state index < -0.39 is 12.5 Å². The van der Waals surface area contributed by atoms with Crippen molar-refractivity contribution in [3.05, 3.63) is 30.0 Å². The topological polar surface area (TPSA) is 103 Å². The number of fused-ring (bicyclic) bond motifs is 1. The maximum atomic E-state index is 14.6. The van der Waals surface area contributed by atoms with Crippen molar-refractivity contribution < 1.29 is 8.78 Å². The van der Waals surface area contributed by atoms with Crippen molar-refractivity contribution >= 4 is 22.8 Å². The van der Waals surface area contributed by atoms with Crippen LogP contribution in [0.15, 0.2) is 23.4 Å². The number of rotatable bonds is 6. The maximum absolute atomic E-state index is 14.6. The van der Waals surface area contributed by atoms with Gasteiger partial charge in [0.1, 0.15) is 23.7 Å². The molecule has 0 radical (unpaired) electrons. The van der Waals surface area contributed by atoms with E-state index >= 15 is 0 Å². The molecule has 3 heterocycles. The normalized spacial score (nSPS) is 10.9. The average molecular weight is 346 g/mol. The molecule has 0 aliphatic carbocycles. The SMILES string of the molecule is CNc1nc(C)nn2cc(F)c(-c3ccc(N=N)c(NCCF)n3)c12. The molecule has 0 aliphatic heterocycles. The largest absolute Gasteiger partial charge is 0.371 e. The van der Waals surface area contributed by atoms with Gasteiger partial charge in [-0.05, 0) is 19.1 Å². The fourth-order valence-corrected chi connectivity index (χ4v) is 2.56. The highest BCUT2D eigenvalue weighted by molar-refractivity contribution is 5.88. The van der Waals surface area contributed by atoms with Crippen molar-refractivity contribution in [3.8, 4) is 11.3 Å². The first-order chi connectivity index (χ1) is 12.1. The second kappa shape index (κ2) is 6.75. The van der Waals surface area contributed by atoms with Gasteiger partial charge in [0.05, 0.1) is 17.5 Å². The van der Waals surface area contributed by atoms with Gasteiger partial charge in [-0.3, -0.25) is 0 Å². The molecule has 0 fully saturated rings. The third-order valence-corrected chi connectivity index (χ3v) is 3.57. The van der Waals surface area contributed by atoms with Crippen LogP contribution in [0.25, 0.3) is 16.8 Å². The Kier molecular flexibility index (Phi) is 4.50. The van der Waals surface area contributed by atoms with Crippen LogP contribution in [0, 0.1) is 18.3 Å². The summed E-state index contributed by atoms with van der Waals surface area (Å²) in [5, 5.41) is 13.2. The van der Waals surface area contributed by atoms with Crippen LogP contribution in [-0.2, 0) is 0 Å². The fraction of sp³-hybridized carbons (Fsp3) is 0.267. The Morgan fingerprint density at radius 1 is 1.28 bits per heavy atom. The minimum absolute atomic E-state index is 0.0159. The van der Waals surface area contributed by atoms with Crippen LogP contribution in [0.1, 0.15) is 5.82 Å². The van der Waals surface area contributed by atoms with Crippen molar-refractivity contribution in [1.82, 2.24) is 19.6 Å². The number of pyridine rings is 1. The molecule has 0 aliphatic rings.